The Labute approximate surface area is 82.6 Å². The highest BCUT2D eigenvalue weighted by Crippen LogP contribution is 2.18. The van der Waals surface area contributed by atoms with Crippen molar-refractivity contribution >= 4 is 10.9 Å². The molecule has 0 aliphatic heterocycles. The van der Waals surface area contributed by atoms with Crippen molar-refractivity contribution < 1.29 is 4.39 Å². The first-order chi connectivity index (χ1) is 6.66. The van der Waals surface area contributed by atoms with Crippen LogP contribution in [0.5, 0.6) is 0 Å². The van der Waals surface area contributed by atoms with Gasteiger partial charge in [-0.25, -0.2) is 4.39 Å². The van der Waals surface area contributed by atoms with E-state index in [1.54, 1.807) is 6.07 Å². The van der Waals surface area contributed by atoms with Crippen LogP contribution in [0.25, 0.3) is 10.9 Å². The van der Waals surface area contributed by atoms with Crippen LogP contribution in [0.1, 0.15) is 25.5 Å². The van der Waals surface area contributed by atoms with Gasteiger partial charge in [0, 0.05) is 11.1 Å². The smallest absolute Gasteiger partial charge is 0.123 e. The van der Waals surface area contributed by atoms with Crippen LogP contribution in [-0.4, -0.2) is 4.98 Å². The van der Waals surface area contributed by atoms with Crippen LogP contribution in [0.4, 0.5) is 4.39 Å². The third-order valence-electron chi connectivity index (χ3n) is 2.26. The van der Waals surface area contributed by atoms with Crippen LogP contribution in [0.15, 0.2) is 30.3 Å². The van der Waals surface area contributed by atoms with E-state index in [2.05, 4.69) is 18.8 Å². The molecule has 0 spiro atoms. The molecule has 0 bridgehead atoms. The molecule has 2 aromatic rings. The van der Waals surface area contributed by atoms with Crippen molar-refractivity contribution in [1.29, 1.82) is 0 Å². The van der Waals surface area contributed by atoms with Crippen molar-refractivity contribution in [2.75, 3.05) is 0 Å². The predicted octanol–water partition coefficient (Wildman–Crippen LogP) is 3.50. The van der Waals surface area contributed by atoms with Gasteiger partial charge in [0.1, 0.15) is 5.82 Å². The van der Waals surface area contributed by atoms with Gasteiger partial charge < -0.3 is 0 Å². The fourth-order valence-electron chi connectivity index (χ4n) is 1.43. The molecule has 14 heavy (non-hydrogen) atoms. The standard InChI is InChI=1S/C12H12FN/c1-8(2)11-5-3-9-7-10(13)4-6-12(9)14-11/h3-8H,1-2H3. The van der Waals surface area contributed by atoms with Crippen LogP contribution < -0.4 is 0 Å². The normalized spacial score (nSPS) is 11.1. The Hall–Kier alpha value is -1.44. The SMILES string of the molecule is CC(C)c1ccc2cc(F)ccc2n1. The zero-order valence-electron chi connectivity index (χ0n) is 8.29. The number of halogens is 1. The monoisotopic (exact) mass is 189 g/mol. The summed E-state index contributed by atoms with van der Waals surface area (Å²) in [6.45, 7) is 4.19. The average Bonchev–Trinajstić information content (AvgIpc) is 2.16. The van der Waals surface area contributed by atoms with E-state index in [4.69, 9.17) is 0 Å². The molecule has 1 heterocycles. The maximum absolute atomic E-state index is 12.9. The molecule has 0 aliphatic carbocycles. The van der Waals surface area contributed by atoms with Crippen molar-refractivity contribution in [3.8, 4) is 0 Å². The van der Waals surface area contributed by atoms with Crippen molar-refractivity contribution in [3.63, 3.8) is 0 Å². The molecule has 0 amide bonds. The lowest BCUT2D eigenvalue weighted by molar-refractivity contribution is 0.629. The zero-order chi connectivity index (χ0) is 10.1. The van der Waals surface area contributed by atoms with Crippen LogP contribution in [0.3, 0.4) is 0 Å². The number of pyridine rings is 1. The summed E-state index contributed by atoms with van der Waals surface area (Å²) in [5.41, 5.74) is 1.90. The van der Waals surface area contributed by atoms with Gasteiger partial charge in [0.25, 0.3) is 0 Å². The first kappa shape index (κ1) is 9.13. The Balaban J connectivity index is 2.62. The van der Waals surface area contributed by atoms with E-state index >= 15 is 0 Å². The van der Waals surface area contributed by atoms with Crippen molar-refractivity contribution in [2.45, 2.75) is 19.8 Å². The molecule has 1 aromatic heterocycles. The minimum absolute atomic E-state index is 0.211. The molecule has 0 atom stereocenters. The molecule has 0 radical (unpaired) electrons. The van der Waals surface area contributed by atoms with Crippen molar-refractivity contribution in [1.82, 2.24) is 4.98 Å². The number of rotatable bonds is 1. The van der Waals surface area contributed by atoms with E-state index in [-0.39, 0.29) is 5.82 Å². The average molecular weight is 189 g/mol. The van der Waals surface area contributed by atoms with E-state index in [9.17, 15) is 4.39 Å². The van der Waals surface area contributed by atoms with E-state index in [0.717, 1.165) is 16.6 Å². The van der Waals surface area contributed by atoms with E-state index in [1.807, 2.05) is 12.1 Å². The summed E-state index contributed by atoms with van der Waals surface area (Å²) in [7, 11) is 0. The van der Waals surface area contributed by atoms with Gasteiger partial charge in [-0.1, -0.05) is 19.9 Å². The molecule has 2 rings (SSSR count). The van der Waals surface area contributed by atoms with Gasteiger partial charge in [-0.15, -0.1) is 0 Å². The minimum Gasteiger partial charge on any atom is -0.253 e. The van der Waals surface area contributed by atoms with Crippen molar-refractivity contribution in [2.24, 2.45) is 0 Å². The molecular weight excluding hydrogens is 177 g/mol. The maximum Gasteiger partial charge on any atom is 0.123 e. The number of nitrogens with zero attached hydrogens (tertiary/aromatic N) is 1. The number of hydrogen-bond donors (Lipinski definition) is 0. The highest BCUT2D eigenvalue weighted by Gasteiger charge is 2.02. The summed E-state index contributed by atoms with van der Waals surface area (Å²) < 4.78 is 12.9. The third kappa shape index (κ3) is 1.60. The van der Waals surface area contributed by atoms with E-state index in [1.165, 1.54) is 12.1 Å². The summed E-state index contributed by atoms with van der Waals surface area (Å²) in [6, 6.07) is 8.54. The van der Waals surface area contributed by atoms with Crippen LogP contribution in [-0.2, 0) is 0 Å². The number of aromatic nitrogens is 1. The molecule has 0 fully saturated rings. The maximum atomic E-state index is 12.9. The largest absolute Gasteiger partial charge is 0.253 e. The minimum atomic E-state index is -0.211. The second-order valence-corrected chi connectivity index (χ2v) is 3.73. The van der Waals surface area contributed by atoms with E-state index < -0.39 is 0 Å². The fraction of sp³-hybridized carbons (Fsp3) is 0.250. The Morgan fingerprint density at radius 3 is 2.64 bits per heavy atom. The second-order valence-electron chi connectivity index (χ2n) is 3.73. The van der Waals surface area contributed by atoms with Gasteiger partial charge in [-0.3, -0.25) is 4.98 Å². The lowest BCUT2D eigenvalue weighted by Gasteiger charge is -2.05. The molecule has 0 saturated carbocycles. The molecule has 1 nitrogen and oxygen atoms in total. The van der Waals surface area contributed by atoms with Gasteiger partial charge in [-0.05, 0) is 30.2 Å². The van der Waals surface area contributed by atoms with Crippen LogP contribution in [0.2, 0.25) is 0 Å². The summed E-state index contributed by atoms with van der Waals surface area (Å²) in [6.07, 6.45) is 0. The molecule has 0 N–H and O–H groups in total. The summed E-state index contributed by atoms with van der Waals surface area (Å²) >= 11 is 0. The Kier molecular flexibility index (Phi) is 2.20. The first-order valence-electron chi connectivity index (χ1n) is 4.73. The Morgan fingerprint density at radius 2 is 1.93 bits per heavy atom. The summed E-state index contributed by atoms with van der Waals surface area (Å²) in [4.78, 5) is 4.45. The Bertz CT molecular complexity index is 463. The van der Waals surface area contributed by atoms with Crippen molar-refractivity contribution in [3.05, 3.63) is 41.8 Å². The molecule has 0 unspecified atom stereocenters. The molecule has 1 aromatic carbocycles. The van der Waals surface area contributed by atoms with Crippen LogP contribution >= 0.6 is 0 Å². The fourth-order valence-corrected chi connectivity index (χ4v) is 1.43. The first-order valence-corrected chi connectivity index (χ1v) is 4.73. The number of benzene rings is 1. The van der Waals surface area contributed by atoms with Gasteiger partial charge in [0.2, 0.25) is 0 Å². The highest BCUT2D eigenvalue weighted by atomic mass is 19.1. The quantitative estimate of drug-likeness (QED) is 0.669. The summed E-state index contributed by atoms with van der Waals surface area (Å²) in [5.74, 6) is 0.195. The third-order valence-corrected chi connectivity index (χ3v) is 2.26. The van der Waals surface area contributed by atoms with Gasteiger partial charge >= 0.3 is 0 Å². The topological polar surface area (TPSA) is 12.9 Å². The lowest BCUT2D eigenvalue weighted by Crippen LogP contribution is -1.92. The van der Waals surface area contributed by atoms with Gasteiger partial charge in [0.05, 0.1) is 5.52 Å². The molecular formula is C12H12FN. The highest BCUT2D eigenvalue weighted by molar-refractivity contribution is 5.78. The Morgan fingerprint density at radius 1 is 1.14 bits per heavy atom. The predicted molar refractivity (Wildman–Crippen MR) is 55.8 cm³/mol. The lowest BCUT2D eigenvalue weighted by atomic mass is 10.1. The molecule has 72 valence electrons. The molecule has 0 aliphatic rings. The van der Waals surface area contributed by atoms with E-state index in [0.29, 0.717) is 5.92 Å². The molecule has 0 saturated heterocycles. The zero-order valence-corrected chi connectivity index (χ0v) is 8.29. The molecule has 2 heteroatoms. The second kappa shape index (κ2) is 3.37. The number of fused-ring (bicyclic) bond motifs is 1. The van der Waals surface area contributed by atoms with Gasteiger partial charge in [0.15, 0.2) is 0 Å². The van der Waals surface area contributed by atoms with Gasteiger partial charge in [-0.2, -0.15) is 0 Å². The van der Waals surface area contributed by atoms with Crippen LogP contribution in [0, 0.1) is 5.82 Å². The summed E-state index contributed by atoms with van der Waals surface area (Å²) in [5, 5.41) is 0.856. The number of hydrogen-bond acceptors (Lipinski definition) is 1.